The summed E-state index contributed by atoms with van der Waals surface area (Å²) in [5.74, 6) is -1.07. The Morgan fingerprint density at radius 3 is 2.33 bits per heavy atom. The number of nitrogens with one attached hydrogen (secondary N) is 1. The van der Waals surface area contributed by atoms with Crippen LogP contribution in [0.2, 0.25) is 0 Å². The molecule has 1 heterocycles. The van der Waals surface area contributed by atoms with Crippen LogP contribution in [0.25, 0.3) is 10.6 Å². The first-order chi connectivity index (χ1) is 12.7. The number of benzene rings is 1. The molecule has 144 valence electrons. The Labute approximate surface area is 160 Å². The number of ether oxygens (including phenoxy) is 2. The zero-order valence-electron chi connectivity index (χ0n) is 15.4. The molecule has 0 unspecified atom stereocenters. The van der Waals surface area contributed by atoms with Crippen molar-refractivity contribution in [1.82, 2.24) is 10.3 Å². The normalized spacial score (nSPS) is 11.7. The fraction of sp³-hybridized carbons (Fsp3) is 0.333. The summed E-state index contributed by atoms with van der Waals surface area (Å²) in [6.45, 7) is 5.08. The predicted molar refractivity (Wildman–Crippen MR) is 101 cm³/mol. The Morgan fingerprint density at radius 2 is 1.81 bits per heavy atom. The number of hydrogen-bond acceptors (Lipinski definition) is 7. The van der Waals surface area contributed by atoms with Crippen LogP contribution in [-0.4, -0.2) is 36.1 Å². The minimum atomic E-state index is -1.14. The fourth-order valence-electron chi connectivity index (χ4n) is 2.30. The Bertz CT molecular complexity index is 845. The van der Waals surface area contributed by atoms with Gasteiger partial charge < -0.3 is 15.2 Å². The lowest BCUT2D eigenvalue weighted by Gasteiger charge is -2.19. The molecule has 1 aromatic heterocycles. The van der Waals surface area contributed by atoms with Crippen molar-refractivity contribution in [3.63, 3.8) is 0 Å². The van der Waals surface area contributed by atoms with E-state index < -0.39 is 24.0 Å². The van der Waals surface area contributed by atoms with Gasteiger partial charge in [-0.25, -0.2) is 14.6 Å². The second-order valence-electron chi connectivity index (χ2n) is 6.09. The van der Waals surface area contributed by atoms with Crippen LogP contribution in [0.3, 0.4) is 0 Å². The van der Waals surface area contributed by atoms with Crippen molar-refractivity contribution in [2.45, 2.75) is 26.9 Å². The molecule has 0 aliphatic carbocycles. The van der Waals surface area contributed by atoms with Crippen molar-refractivity contribution in [1.29, 1.82) is 0 Å². The number of esters is 1. The molecule has 2 rings (SSSR count). The van der Waals surface area contributed by atoms with Gasteiger partial charge >= 0.3 is 12.0 Å². The van der Waals surface area contributed by atoms with Gasteiger partial charge in [0.1, 0.15) is 15.6 Å². The summed E-state index contributed by atoms with van der Waals surface area (Å²) in [5, 5.41) is 2.58. The highest BCUT2D eigenvalue weighted by molar-refractivity contribution is 7.17. The van der Waals surface area contributed by atoms with Crippen LogP contribution in [0.15, 0.2) is 24.3 Å². The summed E-state index contributed by atoms with van der Waals surface area (Å²) < 4.78 is 10.4. The summed E-state index contributed by atoms with van der Waals surface area (Å²) in [4.78, 5) is 40.1. The quantitative estimate of drug-likeness (QED) is 0.730. The summed E-state index contributed by atoms with van der Waals surface area (Å²) in [6.07, 6.45) is -1.14. The molecule has 0 spiro atoms. The number of thiazole rings is 1. The molecule has 2 aromatic rings. The molecule has 27 heavy (non-hydrogen) atoms. The Hall–Kier alpha value is -2.94. The molecular formula is C18H21N3O5S. The van der Waals surface area contributed by atoms with Crippen LogP contribution in [0.1, 0.15) is 29.2 Å². The lowest BCUT2D eigenvalue weighted by molar-refractivity contribution is -0.130. The Kier molecular flexibility index (Phi) is 6.51. The number of primary amides is 1. The highest BCUT2D eigenvalue weighted by Gasteiger charge is 2.29. The van der Waals surface area contributed by atoms with Gasteiger partial charge in [-0.15, -0.1) is 11.3 Å². The van der Waals surface area contributed by atoms with Crippen LogP contribution in [0, 0.1) is 12.8 Å². The zero-order valence-corrected chi connectivity index (χ0v) is 16.3. The molecule has 3 amide bonds. The number of amides is 3. The van der Waals surface area contributed by atoms with Crippen LogP contribution >= 0.6 is 11.3 Å². The molecule has 0 radical (unpaired) electrons. The maximum absolute atomic E-state index is 12.5. The number of carbonyl (C=O) groups excluding carboxylic acids is 3. The highest BCUT2D eigenvalue weighted by Crippen LogP contribution is 2.30. The minimum absolute atomic E-state index is 0.290. The maximum atomic E-state index is 12.5. The van der Waals surface area contributed by atoms with Gasteiger partial charge in [0.2, 0.25) is 0 Å². The predicted octanol–water partition coefficient (Wildman–Crippen LogP) is 2.50. The van der Waals surface area contributed by atoms with E-state index in [9.17, 15) is 14.4 Å². The molecule has 0 aliphatic rings. The lowest BCUT2D eigenvalue weighted by atomic mass is 10.1. The van der Waals surface area contributed by atoms with Gasteiger partial charge in [-0.2, -0.15) is 0 Å². The van der Waals surface area contributed by atoms with E-state index in [0.717, 1.165) is 16.9 Å². The van der Waals surface area contributed by atoms with Crippen molar-refractivity contribution >= 4 is 29.2 Å². The zero-order chi connectivity index (χ0) is 20.1. The van der Waals surface area contributed by atoms with Gasteiger partial charge in [0.15, 0.2) is 6.10 Å². The lowest BCUT2D eigenvalue weighted by Crippen LogP contribution is -2.45. The molecule has 0 fully saturated rings. The standard InChI is InChI=1S/C18H21N3O5S/c1-9(2)13(15(22)21-18(19)24)26-17(23)14-10(3)20-16(27-14)11-5-7-12(25-4)8-6-11/h5-9,13H,1-4H3,(H3,19,21,22,24)/t13-/m0/s1. The number of methoxy groups -OCH3 is 1. The first-order valence-corrected chi connectivity index (χ1v) is 8.97. The number of hydrogen-bond donors (Lipinski definition) is 2. The first kappa shape index (κ1) is 20.4. The largest absolute Gasteiger partial charge is 0.497 e. The fourth-order valence-corrected chi connectivity index (χ4v) is 3.25. The number of carbonyl (C=O) groups is 3. The first-order valence-electron chi connectivity index (χ1n) is 8.16. The van der Waals surface area contributed by atoms with Crippen LogP contribution in [0.5, 0.6) is 5.75 Å². The molecule has 0 saturated heterocycles. The third-order valence-electron chi connectivity index (χ3n) is 3.66. The van der Waals surface area contributed by atoms with E-state index in [2.05, 4.69) is 4.98 Å². The highest BCUT2D eigenvalue weighted by atomic mass is 32.1. The Balaban J connectivity index is 2.21. The number of nitrogens with zero attached hydrogens (tertiary/aromatic N) is 1. The van der Waals surface area contributed by atoms with Crippen molar-refractivity contribution in [2.75, 3.05) is 7.11 Å². The van der Waals surface area contributed by atoms with Crippen molar-refractivity contribution in [3.8, 4) is 16.3 Å². The molecule has 3 N–H and O–H groups in total. The number of urea groups is 1. The molecule has 9 heteroatoms. The summed E-state index contributed by atoms with van der Waals surface area (Å²) >= 11 is 1.16. The van der Waals surface area contributed by atoms with Gasteiger partial charge in [0.05, 0.1) is 12.8 Å². The smallest absolute Gasteiger partial charge is 0.351 e. The molecule has 0 saturated carbocycles. The molecule has 0 aliphatic heterocycles. The summed E-state index contributed by atoms with van der Waals surface area (Å²) in [6, 6.07) is 6.27. The number of nitrogens with two attached hydrogens (primary N) is 1. The van der Waals surface area contributed by atoms with E-state index in [1.807, 2.05) is 17.4 Å². The average Bonchev–Trinajstić information content (AvgIpc) is 3.00. The summed E-state index contributed by atoms with van der Waals surface area (Å²) in [7, 11) is 1.58. The second kappa shape index (κ2) is 8.63. The van der Waals surface area contributed by atoms with Crippen molar-refractivity contribution in [2.24, 2.45) is 11.7 Å². The van der Waals surface area contributed by atoms with Gasteiger partial charge in [-0.05, 0) is 37.1 Å². The topological polar surface area (TPSA) is 121 Å². The van der Waals surface area contributed by atoms with E-state index in [4.69, 9.17) is 15.2 Å². The number of rotatable bonds is 6. The molecular weight excluding hydrogens is 370 g/mol. The van der Waals surface area contributed by atoms with Gasteiger partial charge in [0, 0.05) is 5.56 Å². The summed E-state index contributed by atoms with van der Waals surface area (Å²) in [5.41, 5.74) is 6.28. The van der Waals surface area contributed by atoms with Crippen molar-refractivity contribution < 1.29 is 23.9 Å². The van der Waals surface area contributed by atoms with Gasteiger partial charge in [0.25, 0.3) is 5.91 Å². The molecule has 8 nitrogen and oxygen atoms in total. The molecule has 1 atom stereocenters. The molecule has 1 aromatic carbocycles. The number of imide groups is 1. The third kappa shape index (κ3) is 5.04. The van der Waals surface area contributed by atoms with Gasteiger partial charge in [-0.3, -0.25) is 10.1 Å². The van der Waals surface area contributed by atoms with Crippen LogP contribution in [0.4, 0.5) is 4.79 Å². The minimum Gasteiger partial charge on any atom is -0.497 e. The van der Waals surface area contributed by atoms with Crippen molar-refractivity contribution in [3.05, 3.63) is 34.8 Å². The maximum Gasteiger partial charge on any atom is 0.351 e. The van der Waals surface area contributed by atoms with Crippen LogP contribution < -0.4 is 15.8 Å². The van der Waals surface area contributed by atoms with Gasteiger partial charge in [-0.1, -0.05) is 13.8 Å². The van der Waals surface area contributed by atoms with E-state index in [1.165, 1.54) is 0 Å². The second-order valence-corrected chi connectivity index (χ2v) is 7.08. The van der Waals surface area contributed by atoms with E-state index in [0.29, 0.717) is 21.3 Å². The van der Waals surface area contributed by atoms with E-state index >= 15 is 0 Å². The van der Waals surface area contributed by atoms with E-state index in [1.54, 1.807) is 40.0 Å². The monoisotopic (exact) mass is 391 g/mol. The number of aryl methyl sites for hydroxylation is 1. The third-order valence-corrected chi connectivity index (χ3v) is 4.85. The Morgan fingerprint density at radius 1 is 1.19 bits per heavy atom. The molecule has 0 bridgehead atoms. The van der Waals surface area contributed by atoms with Crippen LogP contribution in [-0.2, 0) is 9.53 Å². The number of aromatic nitrogens is 1. The average molecular weight is 391 g/mol. The van der Waals surface area contributed by atoms with E-state index in [-0.39, 0.29) is 5.92 Å². The SMILES string of the molecule is COc1ccc(-c2nc(C)c(C(=O)O[C@H](C(=O)NC(N)=O)C(C)C)s2)cc1.